The van der Waals surface area contributed by atoms with Crippen LogP contribution in [0, 0.1) is 0 Å². The Kier molecular flexibility index (Phi) is 4.32. The molecule has 0 bridgehead atoms. The highest BCUT2D eigenvalue weighted by molar-refractivity contribution is 5.82. The third-order valence-corrected chi connectivity index (χ3v) is 4.30. The Labute approximate surface area is 118 Å². The third kappa shape index (κ3) is 3.02. The number of aromatic nitrogens is 1. The Balaban J connectivity index is 1.55. The van der Waals surface area contributed by atoms with Crippen LogP contribution in [-0.4, -0.2) is 47.7 Å². The van der Waals surface area contributed by atoms with Crippen LogP contribution >= 0.6 is 0 Å². The van der Waals surface area contributed by atoms with Crippen molar-refractivity contribution in [3.8, 4) is 0 Å². The predicted molar refractivity (Wildman–Crippen MR) is 74.0 cm³/mol. The van der Waals surface area contributed by atoms with E-state index in [1.807, 2.05) is 0 Å². The first-order valence-electron chi connectivity index (χ1n) is 7.48. The van der Waals surface area contributed by atoms with Crippen LogP contribution in [0.4, 0.5) is 0 Å². The molecule has 1 atom stereocenters. The van der Waals surface area contributed by atoms with Crippen LogP contribution in [0.2, 0.25) is 0 Å². The summed E-state index contributed by atoms with van der Waals surface area (Å²) in [6, 6.07) is 2.36. The molecule has 3 rings (SSSR count). The summed E-state index contributed by atoms with van der Waals surface area (Å²) in [6.45, 7) is 3.60. The van der Waals surface area contributed by atoms with Gasteiger partial charge in [-0.1, -0.05) is 5.16 Å². The number of hydrogen-bond donors (Lipinski definition) is 2. The lowest BCUT2D eigenvalue weighted by molar-refractivity contribution is -0.126. The molecule has 2 saturated heterocycles. The summed E-state index contributed by atoms with van der Waals surface area (Å²) in [5.74, 6) is 0.821. The lowest BCUT2D eigenvalue weighted by atomic mass is 10.0. The first-order valence-corrected chi connectivity index (χ1v) is 7.48. The SMILES string of the molecule is O=C(NCc1ccno1)C1CCCN1C1CCNCC1. The van der Waals surface area contributed by atoms with Gasteiger partial charge in [-0.25, -0.2) is 0 Å². The second-order valence-corrected chi connectivity index (χ2v) is 5.57. The number of nitrogens with zero attached hydrogens (tertiary/aromatic N) is 2. The number of carbonyl (C=O) groups is 1. The van der Waals surface area contributed by atoms with Gasteiger partial charge in [-0.15, -0.1) is 0 Å². The summed E-state index contributed by atoms with van der Waals surface area (Å²) < 4.78 is 5.00. The van der Waals surface area contributed by atoms with E-state index in [0.717, 1.165) is 45.3 Å². The zero-order chi connectivity index (χ0) is 13.8. The first-order chi connectivity index (χ1) is 9.84. The van der Waals surface area contributed by atoms with E-state index in [1.165, 1.54) is 0 Å². The lowest BCUT2D eigenvalue weighted by Gasteiger charge is -2.35. The van der Waals surface area contributed by atoms with Crippen LogP contribution in [0.5, 0.6) is 0 Å². The average molecular weight is 278 g/mol. The van der Waals surface area contributed by atoms with E-state index < -0.39 is 0 Å². The van der Waals surface area contributed by atoms with Gasteiger partial charge in [0.2, 0.25) is 5.91 Å². The van der Waals surface area contributed by atoms with E-state index in [2.05, 4.69) is 20.7 Å². The molecule has 6 nitrogen and oxygen atoms in total. The lowest BCUT2D eigenvalue weighted by Crippen LogP contribution is -2.50. The molecule has 2 N–H and O–H groups in total. The first kappa shape index (κ1) is 13.6. The van der Waals surface area contributed by atoms with E-state index in [4.69, 9.17) is 4.52 Å². The molecule has 2 fully saturated rings. The molecular weight excluding hydrogens is 256 g/mol. The van der Waals surface area contributed by atoms with E-state index >= 15 is 0 Å². The molecule has 6 heteroatoms. The topological polar surface area (TPSA) is 70.4 Å². The summed E-state index contributed by atoms with van der Waals surface area (Å²) >= 11 is 0. The monoisotopic (exact) mass is 278 g/mol. The van der Waals surface area contributed by atoms with Gasteiger partial charge < -0.3 is 15.2 Å². The highest BCUT2D eigenvalue weighted by atomic mass is 16.5. The van der Waals surface area contributed by atoms with Gasteiger partial charge in [0, 0.05) is 12.1 Å². The van der Waals surface area contributed by atoms with Gasteiger partial charge >= 0.3 is 0 Å². The smallest absolute Gasteiger partial charge is 0.237 e. The maximum Gasteiger partial charge on any atom is 0.237 e. The van der Waals surface area contributed by atoms with Crippen molar-refractivity contribution in [1.29, 1.82) is 0 Å². The Bertz CT molecular complexity index is 428. The standard InChI is InChI=1S/C14H22N4O2/c19-14(16-10-12-5-8-17-20-12)13-2-1-9-18(13)11-3-6-15-7-4-11/h5,8,11,13,15H,1-4,6-7,9-10H2,(H,16,19). The fourth-order valence-corrected chi connectivity index (χ4v) is 3.27. The zero-order valence-corrected chi connectivity index (χ0v) is 11.7. The van der Waals surface area contributed by atoms with Crippen LogP contribution in [0.3, 0.4) is 0 Å². The second-order valence-electron chi connectivity index (χ2n) is 5.57. The normalized spacial score (nSPS) is 24.9. The summed E-state index contributed by atoms with van der Waals surface area (Å²) in [4.78, 5) is 14.8. The molecule has 1 aromatic heterocycles. The molecule has 3 heterocycles. The van der Waals surface area contributed by atoms with Crippen molar-refractivity contribution in [3.63, 3.8) is 0 Å². The Morgan fingerprint density at radius 2 is 2.30 bits per heavy atom. The molecule has 0 radical (unpaired) electrons. The number of amides is 1. The Morgan fingerprint density at radius 3 is 3.05 bits per heavy atom. The van der Waals surface area contributed by atoms with E-state index in [0.29, 0.717) is 18.3 Å². The number of likely N-dealkylation sites (tertiary alicyclic amines) is 1. The maximum absolute atomic E-state index is 12.4. The summed E-state index contributed by atoms with van der Waals surface area (Å²) in [6.07, 6.45) is 5.96. The Hall–Kier alpha value is -1.40. The minimum atomic E-state index is 0.0287. The van der Waals surface area contributed by atoms with Gasteiger partial charge in [-0.3, -0.25) is 9.69 Å². The highest BCUT2D eigenvalue weighted by Gasteiger charge is 2.35. The second kappa shape index (κ2) is 6.37. The molecule has 20 heavy (non-hydrogen) atoms. The van der Waals surface area contributed by atoms with Crippen LogP contribution in [-0.2, 0) is 11.3 Å². The number of piperidine rings is 1. The van der Waals surface area contributed by atoms with E-state index in [-0.39, 0.29) is 11.9 Å². The van der Waals surface area contributed by atoms with Crippen molar-refractivity contribution in [2.24, 2.45) is 0 Å². The van der Waals surface area contributed by atoms with Crippen molar-refractivity contribution in [3.05, 3.63) is 18.0 Å². The fourth-order valence-electron chi connectivity index (χ4n) is 3.27. The number of nitrogens with one attached hydrogen (secondary N) is 2. The fraction of sp³-hybridized carbons (Fsp3) is 0.714. The quantitative estimate of drug-likeness (QED) is 0.839. The van der Waals surface area contributed by atoms with Gasteiger partial charge in [-0.05, 0) is 45.3 Å². The molecule has 0 aromatic carbocycles. The molecular formula is C14H22N4O2. The van der Waals surface area contributed by atoms with E-state index in [1.54, 1.807) is 12.3 Å². The molecule has 1 unspecified atom stereocenters. The van der Waals surface area contributed by atoms with Crippen LogP contribution in [0.15, 0.2) is 16.8 Å². The molecule has 1 amide bonds. The largest absolute Gasteiger partial charge is 0.360 e. The predicted octanol–water partition coefficient (Wildman–Crippen LogP) is 0.507. The van der Waals surface area contributed by atoms with Crippen LogP contribution in [0.1, 0.15) is 31.4 Å². The van der Waals surface area contributed by atoms with Crippen molar-refractivity contribution in [2.45, 2.75) is 44.3 Å². The molecule has 2 aliphatic heterocycles. The minimum Gasteiger partial charge on any atom is -0.360 e. The summed E-state index contributed by atoms with van der Waals surface area (Å²) in [5, 5.41) is 9.99. The van der Waals surface area contributed by atoms with Gasteiger partial charge in [-0.2, -0.15) is 0 Å². The summed E-state index contributed by atoms with van der Waals surface area (Å²) in [7, 11) is 0. The van der Waals surface area contributed by atoms with Gasteiger partial charge in [0.25, 0.3) is 0 Å². The third-order valence-electron chi connectivity index (χ3n) is 4.30. The number of carbonyl (C=O) groups excluding carboxylic acids is 1. The minimum absolute atomic E-state index is 0.0287. The van der Waals surface area contributed by atoms with Gasteiger partial charge in [0.15, 0.2) is 5.76 Å². The van der Waals surface area contributed by atoms with Crippen LogP contribution in [0.25, 0.3) is 0 Å². The number of rotatable bonds is 4. The van der Waals surface area contributed by atoms with Gasteiger partial charge in [0.1, 0.15) is 0 Å². The van der Waals surface area contributed by atoms with Crippen molar-refractivity contribution in [2.75, 3.05) is 19.6 Å². The zero-order valence-electron chi connectivity index (χ0n) is 11.7. The molecule has 2 aliphatic rings. The van der Waals surface area contributed by atoms with Crippen molar-refractivity contribution < 1.29 is 9.32 Å². The Morgan fingerprint density at radius 1 is 1.45 bits per heavy atom. The van der Waals surface area contributed by atoms with Crippen molar-refractivity contribution >= 4 is 5.91 Å². The molecule has 0 spiro atoms. The molecule has 0 saturated carbocycles. The van der Waals surface area contributed by atoms with Crippen LogP contribution < -0.4 is 10.6 Å². The molecule has 110 valence electrons. The number of hydrogen-bond acceptors (Lipinski definition) is 5. The summed E-state index contributed by atoms with van der Waals surface area (Å²) in [5.41, 5.74) is 0. The highest BCUT2D eigenvalue weighted by Crippen LogP contribution is 2.24. The van der Waals surface area contributed by atoms with E-state index in [9.17, 15) is 4.79 Å². The van der Waals surface area contributed by atoms with Gasteiger partial charge in [0.05, 0.1) is 18.8 Å². The van der Waals surface area contributed by atoms with Crippen molar-refractivity contribution in [1.82, 2.24) is 20.7 Å². The average Bonchev–Trinajstić information content (AvgIpc) is 3.17. The maximum atomic E-state index is 12.4. The molecule has 0 aliphatic carbocycles. The molecule has 1 aromatic rings.